The van der Waals surface area contributed by atoms with Gasteiger partial charge in [-0.3, -0.25) is 14.4 Å². The molecule has 0 unspecified atom stereocenters. The Balaban J connectivity index is 1.40. The van der Waals surface area contributed by atoms with Gasteiger partial charge in [-0.2, -0.15) is 0 Å². The largest absolute Gasteiger partial charge is 0.481 e. The fraction of sp³-hybridized carbons (Fsp3) is 0.868. The monoisotopic (exact) mass is 611 g/mol. The highest BCUT2D eigenvalue weighted by Crippen LogP contribution is 2.76. The quantitative estimate of drug-likeness (QED) is 0.223. The third-order valence-corrected chi connectivity index (χ3v) is 15.0. The molecule has 0 spiro atoms. The van der Waals surface area contributed by atoms with E-state index in [2.05, 4.69) is 53.4 Å². The molecule has 0 aliphatic heterocycles. The maximum absolute atomic E-state index is 13.1. The van der Waals surface area contributed by atoms with Crippen molar-refractivity contribution >= 4 is 17.8 Å². The van der Waals surface area contributed by atoms with Crippen LogP contribution in [0, 0.1) is 56.7 Å². The van der Waals surface area contributed by atoms with Gasteiger partial charge < -0.3 is 15.2 Å². The second-order valence-electron chi connectivity index (χ2n) is 18.3. The highest BCUT2D eigenvalue weighted by atomic mass is 16.5. The van der Waals surface area contributed by atoms with Crippen LogP contribution in [0.1, 0.15) is 139 Å². The van der Waals surface area contributed by atoms with Crippen molar-refractivity contribution in [3.8, 4) is 0 Å². The molecule has 0 bridgehead atoms. The molecule has 5 fully saturated rings. The van der Waals surface area contributed by atoms with Gasteiger partial charge in [0.25, 0.3) is 0 Å². The van der Waals surface area contributed by atoms with E-state index in [0.717, 1.165) is 38.5 Å². The zero-order valence-electron chi connectivity index (χ0n) is 29.2. The van der Waals surface area contributed by atoms with Crippen LogP contribution in [0.5, 0.6) is 0 Å². The predicted molar refractivity (Wildman–Crippen MR) is 174 cm³/mol. The summed E-state index contributed by atoms with van der Waals surface area (Å²) in [5.74, 6) is 1.55. The molecule has 0 radical (unpaired) electrons. The lowest BCUT2D eigenvalue weighted by atomic mass is 9.32. The van der Waals surface area contributed by atoms with Crippen LogP contribution in [0.25, 0.3) is 0 Å². The minimum absolute atomic E-state index is 0.0449. The number of hydrogen-bond donors (Lipinski definition) is 2. The van der Waals surface area contributed by atoms with E-state index in [1.165, 1.54) is 31.3 Å². The van der Waals surface area contributed by atoms with Crippen molar-refractivity contribution in [2.45, 2.75) is 151 Å². The summed E-state index contributed by atoms with van der Waals surface area (Å²) >= 11 is 0. The van der Waals surface area contributed by atoms with Gasteiger partial charge in [-0.25, -0.2) is 0 Å². The number of amides is 1. The molecule has 44 heavy (non-hydrogen) atoms. The molecule has 0 aromatic rings. The first-order valence-corrected chi connectivity index (χ1v) is 17.6. The van der Waals surface area contributed by atoms with Crippen LogP contribution in [-0.4, -0.2) is 34.6 Å². The molecule has 5 rings (SSSR count). The summed E-state index contributed by atoms with van der Waals surface area (Å²) < 4.78 is 6.23. The lowest BCUT2D eigenvalue weighted by Gasteiger charge is -2.73. The molecule has 6 nitrogen and oxygen atoms in total. The molecule has 0 heterocycles. The van der Waals surface area contributed by atoms with E-state index < -0.39 is 11.4 Å². The summed E-state index contributed by atoms with van der Waals surface area (Å²) in [5, 5.41) is 12.8. The van der Waals surface area contributed by atoms with Gasteiger partial charge in [-0.1, -0.05) is 60.6 Å². The molecule has 5 aliphatic rings. The number of carbonyl (C=O) groups is 3. The van der Waals surface area contributed by atoms with Gasteiger partial charge in [0, 0.05) is 17.9 Å². The Morgan fingerprint density at radius 3 is 2.14 bits per heavy atom. The number of nitrogens with one attached hydrogen (secondary N) is 1. The highest BCUT2D eigenvalue weighted by molar-refractivity contribution is 5.74. The zero-order valence-corrected chi connectivity index (χ0v) is 29.2. The Kier molecular flexibility index (Phi) is 8.27. The Labute approximate surface area is 266 Å². The summed E-state index contributed by atoms with van der Waals surface area (Å²) in [5.41, 5.74) is 1.01. The average molecular weight is 612 g/mol. The molecule has 0 saturated heterocycles. The van der Waals surface area contributed by atoms with E-state index in [1.807, 2.05) is 13.8 Å². The highest BCUT2D eigenvalue weighted by Gasteiger charge is 2.71. The Morgan fingerprint density at radius 2 is 1.52 bits per heavy atom. The van der Waals surface area contributed by atoms with Gasteiger partial charge in [0.1, 0.15) is 6.10 Å². The third-order valence-electron chi connectivity index (χ3n) is 15.0. The molecular weight excluding hydrogens is 550 g/mol. The van der Waals surface area contributed by atoms with E-state index in [0.29, 0.717) is 29.6 Å². The van der Waals surface area contributed by atoms with Crippen molar-refractivity contribution < 1.29 is 24.2 Å². The van der Waals surface area contributed by atoms with Crippen LogP contribution in [0.15, 0.2) is 12.2 Å². The second kappa shape index (κ2) is 10.9. The van der Waals surface area contributed by atoms with Crippen molar-refractivity contribution in [3.05, 3.63) is 12.2 Å². The predicted octanol–water partition coefficient (Wildman–Crippen LogP) is 8.34. The van der Waals surface area contributed by atoms with Crippen LogP contribution in [0.2, 0.25) is 0 Å². The number of allylic oxidation sites excluding steroid dienone is 1. The molecule has 0 aromatic carbocycles. The topological polar surface area (TPSA) is 92.7 Å². The maximum Gasteiger partial charge on any atom is 0.306 e. The van der Waals surface area contributed by atoms with E-state index in [9.17, 15) is 19.5 Å². The molecular formula is C38H61NO5. The zero-order chi connectivity index (χ0) is 32.7. The summed E-state index contributed by atoms with van der Waals surface area (Å²) in [6.45, 7) is 24.5. The van der Waals surface area contributed by atoms with Gasteiger partial charge in [-0.05, 0) is 122 Å². The van der Waals surface area contributed by atoms with Gasteiger partial charge in [0.05, 0.1) is 12.8 Å². The van der Waals surface area contributed by atoms with Crippen molar-refractivity contribution in [2.24, 2.45) is 56.7 Å². The first kappa shape index (κ1) is 33.5. The van der Waals surface area contributed by atoms with Crippen LogP contribution < -0.4 is 5.32 Å². The fourth-order valence-corrected chi connectivity index (χ4v) is 13.0. The summed E-state index contributed by atoms with van der Waals surface area (Å²) in [7, 11) is 0. The summed E-state index contributed by atoms with van der Waals surface area (Å²) in [6.07, 6.45) is 11.1. The first-order chi connectivity index (χ1) is 20.2. The SMILES string of the molecule is C=C(C)[C@@H]1CC[C@]2(NC(C)=O)CC[C@]3(C)[C@H](CC[C@@H]4[C@@]5(C)CC[C@H](OC(=O)CC(C)(C)CC(=O)O)C(C)(C)[C@@H]5CC[C@]43C)[C@@H]12. The Bertz CT molecular complexity index is 1210. The van der Waals surface area contributed by atoms with Crippen LogP contribution in [-0.2, 0) is 19.1 Å². The van der Waals surface area contributed by atoms with Crippen molar-refractivity contribution in [3.63, 3.8) is 0 Å². The number of carboxylic acids is 1. The van der Waals surface area contributed by atoms with E-state index >= 15 is 0 Å². The number of esters is 1. The number of rotatable bonds is 7. The average Bonchev–Trinajstić information content (AvgIpc) is 3.24. The smallest absolute Gasteiger partial charge is 0.306 e. The van der Waals surface area contributed by atoms with E-state index in [1.54, 1.807) is 6.92 Å². The number of aliphatic carboxylic acids is 1. The number of carboxylic acid groups (broad SMARTS) is 1. The number of hydrogen-bond acceptors (Lipinski definition) is 4. The summed E-state index contributed by atoms with van der Waals surface area (Å²) in [6, 6.07) is 0. The maximum atomic E-state index is 13.1. The Hall–Kier alpha value is -1.85. The molecule has 1 amide bonds. The van der Waals surface area contributed by atoms with Crippen LogP contribution >= 0.6 is 0 Å². The van der Waals surface area contributed by atoms with Crippen molar-refractivity contribution in [1.82, 2.24) is 5.32 Å². The fourth-order valence-electron chi connectivity index (χ4n) is 13.0. The van der Waals surface area contributed by atoms with Gasteiger partial charge in [0.2, 0.25) is 5.91 Å². The molecule has 0 aromatic heterocycles. The number of ether oxygens (including phenoxy) is 1. The molecule has 10 atom stereocenters. The van der Waals surface area contributed by atoms with Crippen molar-refractivity contribution in [1.29, 1.82) is 0 Å². The second-order valence-corrected chi connectivity index (χ2v) is 18.3. The normalized spacial score (nSPS) is 44.3. The number of carbonyl (C=O) groups excluding carboxylic acids is 2. The van der Waals surface area contributed by atoms with Crippen LogP contribution in [0.3, 0.4) is 0 Å². The lowest BCUT2D eigenvalue weighted by Crippen LogP contribution is -2.69. The minimum Gasteiger partial charge on any atom is -0.481 e. The number of fused-ring (bicyclic) bond motifs is 7. The van der Waals surface area contributed by atoms with E-state index in [-0.39, 0.29) is 58.0 Å². The lowest BCUT2D eigenvalue weighted by molar-refractivity contribution is -0.246. The third kappa shape index (κ3) is 5.07. The molecule has 5 aliphatic carbocycles. The molecule has 6 heteroatoms. The Morgan fingerprint density at radius 1 is 0.841 bits per heavy atom. The first-order valence-electron chi connectivity index (χ1n) is 17.6. The molecule has 248 valence electrons. The van der Waals surface area contributed by atoms with E-state index in [4.69, 9.17) is 4.74 Å². The molecule has 5 saturated carbocycles. The van der Waals surface area contributed by atoms with Crippen molar-refractivity contribution in [2.75, 3.05) is 0 Å². The van der Waals surface area contributed by atoms with Crippen LogP contribution in [0.4, 0.5) is 0 Å². The van der Waals surface area contributed by atoms with Gasteiger partial charge >= 0.3 is 11.9 Å². The minimum atomic E-state index is -0.882. The van der Waals surface area contributed by atoms with Gasteiger partial charge in [-0.15, -0.1) is 0 Å². The molecule has 2 N–H and O–H groups in total. The van der Waals surface area contributed by atoms with Gasteiger partial charge in [0.15, 0.2) is 0 Å². The standard InChI is InChI=1S/C38H61NO5/c1-23(2)25-13-18-38(39-24(3)40)20-19-36(9)26(32(25)38)11-12-28-35(8)16-15-29(34(6,7)27(35)14-17-37(28,36)10)44-31(43)22-33(4,5)21-30(41)42/h25-29,32H,1,11-22H2,2-10H3,(H,39,40)(H,41,42)/t25-,26+,27-,28+,29-,32+,35-,36+,37+,38-/m0/s1. The summed E-state index contributed by atoms with van der Waals surface area (Å²) in [4.78, 5) is 37.0.